The molecule has 0 aromatic carbocycles. The molecule has 6 heteroatoms. The van der Waals surface area contributed by atoms with E-state index in [1.807, 2.05) is 0 Å². The number of hydrogen-bond donors (Lipinski definition) is 3. The lowest BCUT2D eigenvalue weighted by Gasteiger charge is -2.41. The minimum Gasteiger partial charge on any atom is -0.479 e. The van der Waals surface area contributed by atoms with Crippen LogP contribution in [0.4, 0.5) is 0 Å². The Morgan fingerprint density at radius 3 is 2.73 bits per heavy atom. The van der Waals surface area contributed by atoms with Gasteiger partial charge in [0.15, 0.2) is 6.04 Å². The van der Waals surface area contributed by atoms with Crippen LogP contribution < -0.4 is 5.73 Å². The molecule has 0 bridgehead atoms. The van der Waals surface area contributed by atoms with Gasteiger partial charge in [-0.25, -0.2) is 4.79 Å². The Bertz CT molecular complexity index is 313. The fraction of sp³-hybridized carbons (Fsp3) is 0.556. The normalized spacial score (nSPS) is 23.7. The van der Waals surface area contributed by atoms with Gasteiger partial charge < -0.3 is 15.9 Å². The second kappa shape index (κ2) is 4.41. The van der Waals surface area contributed by atoms with Crippen molar-refractivity contribution in [1.82, 2.24) is 4.90 Å². The topological polar surface area (TPSA) is 104 Å². The molecule has 1 aliphatic heterocycles. The summed E-state index contributed by atoms with van der Waals surface area (Å²) < 4.78 is 0. The smallest absolute Gasteiger partial charge is 0.330 e. The molecule has 1 saturated heterocycles. The molecule has 1 aliphatic rings. The molecule has 2 atom stereocenters. The van der Waals surface area contributed by atoms with Crippen molar-refractivity contribution in [2.75, 3.05) is 6.54 Å². The van der Waals surface area contributed by atoms with Crippen molar-refractivity contribution in [3.8, 4) is 0 Å². The van der Waals surface area contributed by atoms with Crippen molar-refractivity contribution in [2.45, 2.75) is 25.6 Å². The quantitative estimate of drug-likeness (QED) is 0.407. The van der Waals surface area contributed by atoms with E-state index in [0.29, 0.717) is 5.57 Å². The van der Waals surface area contributed by atoms with Crippen LogP contribution in [0.3, 0.4) is 0 Å². The first-order valence-electron chi connectivity index (χ1n) is 4.57. The zero-order valence-electron chi connectivity index (χ0n) is 8.38. The molecule has 0 aromatic heterocycles. The Balaban J connectivity index is 2.88. The van der Waals surface area contributed by atoms with Crippen molar-refractivity contribution in [3.05, 3.63) is 11.6 Å². The van der Waals surface area contributed by atoms with Crippen LogP contribution in [0, 0.1) is 0 Å². The van der Waals surface area contributed by atoms with Crippen LogP contribution in [0.1, 0.15) is 13.3 Å². The third-order valence-electron chi connectivity index (χ3n) is 2.35. The number of carboxylic acid groups (broad SMARTS) is 1. The lowest BCUT2D eigenvalue weighted by Crippen LogP contribution is -2.60. The van der Waals surface area contributed by atoms with Crippen LogP contribution >= 0.6 is 0 Å². The summed E-state index contributed by atoms with van der Waals surface area (Å²) in [7, 11) is 0. The van der Waals surface area contributed by atoms with Crippen LogP contribution in [-0.2, 0) is 9.59 Å². The Kier molecular flexibility index (Phi) is 3.43. The van der Waals surface area contributed by atoms with Gasteiger partial charge in [0.25, 0.3) is 0 Å². The number of amides is 1. The first-order chi connectivity index (χ1) is 6.99. The van der Waals surface area contributed by atoms with E-state index in [4.69, 9.17) is 10.8 Å². The number of aliphatic hydroxyl groups is 1. The van der Waals surface area contributed by atoms with Crippen LogP contribution in [0.2, 0.25) is 0 Å². The Hall–Kier alpha value is -1.40. The van der Waals surface area contributed by atoms with Gasteiger partial charge in [-0.05, 0) is 12.5 Å². The van der Waals surface area contributed by atoms with Gasteiger partial charge in [0.05, 0.1) is 6.42 Å². The van der Waals surface area contributed by atoms with Crippen LogP contribution in [0.5, 0.6) is 0 Å². The van der Waals surface area contributed by atoms with Crippen molar-refractivity contribution < 1.29 is 19.8 Å². The highest BCUT2D eigenvalue weighted by Gasteiger charge is 2.43. The van der Waals surface area contributed by atoms with Crippen LogP contribution in [-0.4, -0.2) is 45.8 Å². The SMILES string of the molecule is C/C(=C\CN)[C@H](C(=O)O)N1C(=O)CC1O. The van der Waals surface area contributed by atoms with Gasteiger partial charge in [0, 0.05) is 6.54 Å². The van der Waals surface area contributed by atoms with E-state index in [1.54, 1.807) is 6.92 Å². The first-order valence-corrected chi connectivity index (χ1v) is 4.57. The molecule has 0 aliphatic carbocycles. The first kappa shape index (κ1) is 11.7. The molecule has 0 saturated carbocycles. The van der Waals surface area contributed by atoms with Gasteiger partial charge in [-0.3, -0.25) is 9.69 Å². The summed E-state index contributed by atoms with van der Waals surface area (Å²) in [5.41, 5.74) is 5.72. The highest BCUT2D eigenvalue weighted by Crippen LogP contribution is 2.24. The highest BCUT2D eigenvalue weighted by atomic mass is 16.4. The predicted molar refractivity (Wildman–Crippen MR) is 51.7 cm³/mol. The number of β-lactam (4-membered cyclic amide) rings is 1. The molecular formula is C9H14N2O4. The summed E-state index contributed by atoms with van der Waals surface area (Å²) in [6.45, 7) is 1.78. The number of likely N-dealkylation sites (tertiary alicyclic amines) is 1. The van der Waals surface area contributed by atoms with Gasteiger partial charge in [-0.15, -0.1) is 0 Å². The number of rotatable bonds is 4. The van der Waals surface area contributed by atoms with E-state index in [2.05, 4.69) is 0 Å². The molecule has 1 unspecified atom stereocenters. The number of nitrogens with two attached hydrogens (primary N) is 1. The van der Waals surface area contributed by atoms with E-state index in [1.165, 1.54) is 6.08 Å². The number of carbonyl (C=O) groups is 2. The Morgan fingerprint density at radius 2 is 2.40 bits per heavy atom. The summed E-state index contributed by atoms with van der Waals surface area (Å²) in [6.07, 6.45) is 0.510. The molecule has 6 nitrogen and oxygen atoms in total. The summed E-state index contributed by atoms with van der Waals surface area (Å²) in [5, 5.41) is 18.3. The van der Waals surface area contributed by atoms with Gasteiger partial charge in [0.1, 0.15) is 6.23 Å². The molecular weight excluding hydrogens is 200 g/mol. The third kappa shape index (κ3) is 2.16. The van der Waals surface area contributed by atoms with E-state index >= 15 is 0 Å². The maximum Gasteiger partial charge on any atom is 0.330 e. The number of carboxylic acids is 1. The third-order valence-corrected chi connectivity index (χ3v) is 2.35. The average molecular weight is 214 g/mol. The van der Waals surface area contributed by atoms with Crippen molar-refractivity contribution in [2.24, 2.45) is 5.73 Å². The number of hydrogen-bond acceptors (Lipinski definition) is 4. The molecule has 1 amide bonds. The average Bonchev–Trinajstić information content (AvgIpc) is 2.13. The number of aliphatic hydroxyl groups excluding tert-OH is 1. The molecule has 0 aromatic rings. The summed E-state index contributed by atoms with van der Waals surface area (Å²) >= 11 is 0. The minimum absolute atomic E-state index is 0.0142. The molecule has 1 fully saturated rings. The zero-order chi connectivity index (χ0) is 11.6. The van der Waals surface area contributed by atoms with Crippen molar-refractivity contribution in [3.63, 3.8) is 0 Å². The summed E-state index contributed by atoms with van der Waals surface area (Å²) in [5.74, 6) is -1.52. The van der Waals surface area contributed by atoms with Gasteiger partial charge in [-0.2, -0.15) is 0 Å². The zero-order valence-corrected chi connectivity index (χ0v) is 8.38. The number of aliphatic carboxylic acids is 1. The maximum absolute atomic E-state index is 11.1. The van der Waals surface area contributed by atoms with E-state index in [0.717, 1.165) is 4.90 Å². The van der Waals surface area contributed by atoms with Crippen LogP contribution in [0.15, 0.2) is 11.6 Å². The molecule has 4 N–H and O–H groups in total. The minimum atomic E-state index is -1.16. The van der Waals surface area contributed by atoms with Crippen molar-refractivity contribution >= 4 is 11.9 Å². The molecule has 1 heterocycles. The van der Waals surface area contributed by atoms with Gasteiger partial charge >= 0.3 is 5.97 Å². The number of nitrogens with zero attached hydrogens (tertiary/aromatic N) is 1. The second-order valence-electron chi connectivity index (χ2n) is 3.41. The lowest BCUT2D eigenvalue weighted by molar-refractivity contribution is -0.176. The maximum atomic E-state index is 11.1. The Morgan fingerprint density at radius 1 is 1.80 bits per heavy atom. The predicted octanol–water partition coefficient (Wildman–Crippen LogP) is -1.10. The standard InChI is InChI=1S/C9H14N2O4/c1-5(2-3-10)8(9(14)15)11-6(12)4-7(11)13/h2,6,8,12H,3-4,10H2,1H3,(H,14,15)/b5-2+/t6?,8-/m1/s1. The van der Waals surface area contributed by atoms with Crippen molar-refractivity contribution in [1.29, 1.82) is 0 Å². The molecule has 84 valence electrons. The monoisotopic (exact) mass is 214 g/mol. The largest absolute Gasteiger partial charge is 0.479 e. The van der Waals surface area contributed by atoms with Gasteiger partial charge in [-0.1, -0.05) is 6.08 Å². The summed E-state index contributed by atoms with van der Waals surface area (Å²) in [6, 6.07) is -1.11. The number of carbonyl (C=O) groups excluding carboxylic acids is 1. The molecule has 0 radical (unpaired) electrons. The second-order valence-corrected chi connectivity index (χ2v) is 3.41. The van der Waals surface area contributed by atoms with Gasteiger partial charge in [0.2, 0.25) is 5.91 Å². The highest BCUT2D eigenvalue weighted by molar-refractivity contribution is 5.89. The van der Waals surface area contributed by atoms with Crippen LogP contribution in [0.25, 0.3) is 0 Å². The van der Waals surface area contributed by atoms with E-state index in [-0.39, 0.29) is 18.9 Å². The fourth-order valence-corrected chi connectivity index (χ4v) is 1.56. The fourth-order valence-electron chi connectivity index (χ4n) is 1.56. The van der Waals surface area contributed by atoms with E-state index < -0.39 is 18.2 Å². The molecule has 0 spiro atoms. The summed E-state index contributed by atoms with van der Waals surface area (Å²) in [4.78, 5) is 23.0. The van der Waals surface area contributed by atoms with E-state index in [9.17, 15) is 14.7 Å². The molecule has 15 heavy (non-hydrogen) atoms. The Labute approximate surface area is 87.0 Å². The lowest BCUT2D eigenvalue weighted by atomic mass is 10.0. The molecule has 1 rings (SSSR count).